The summed E-state index contributed by atoms with van der Waals surface area (Å²) in [6, 6.07) is 5.71. The third-order valence-electron chi connectivity index (χ3n) is 2.52. The van der Waals surface area contributed by atoms with Crippen molar-refractivity contribution in [2.24, 2.45) is 0 Å². The lowest BCUT2D eigenvalue weighted by Gasteiger charge is -2.10. The normalized spacial score (nSPS) is 10.1. The van der Waals surface area contributed by atoms with E-state index >= 15 is 0 Å². The minimum Gasteiger partial charge on any atom is -0.493 e. The predicted molar refractivity (Wildman–Crippen MR) is 73.9 cm³/mol. The summed E-state index contributed by atoms with van der Waals surface area (Å²) in [6.07, 6.45) is 3.09. The van der Waals surface area contributed by atoms with Crippen LogP contribution in [0.1, 0.15) is 5.56 Å². The molecule has 0 aliphatic heterocycles. The van der Waals surface area contributed by atoms with Crippen LogP contribution >= 0.6 is 11.6 Å². The molecule has 0 aliphatic rings. The van der Waals surface area contributed by atoms with Gasteiger partial charge in [0.25, 0.3) is 0 Å². The molecule has 1 heterocycles. The van der Waals surface area contributed by atoms with Gasteiger partial charge in [-0.3, -0.25) is 0 Å². The number of hydrogen-bond donors (Lipinski definition) is 1. The molecule has 5 nitrogen and oxygen atoms in total. The number of aromatic nitrogens is 2. The lowest BCUT2D eigenvalue weighted by molar-refractivity contribution is 0.354. The zero-order valence-electron chi connectivity index (χ0n) is 10.7. The number of ether oxygens (including phenoxy) is 2. The van der Waals surface area contributed by atoms with Gasteiger partial charge in [-0.1, -0.05) is 17.7 Å². The lowest BCUT2D eigenvalue weighted by Crippen LogP contribution is -2.03. The fourth-order valence-electron chi connectivity index (χ4n) is 1.58. The molecular weight excluding hydrogens is 266 g/mol. The molecule has 2 rings (SSSR count). The van der Waals surface area contributed by atoms with Crippen LogP contribution in [0.4, 0.5) is 5.95 Å². The van der Waals surface area contributed by atoms with Crippen LogP contribution in [0.25, 0.3) is 0 Å². The Balaban J connectivity index is 2.05. The first-order valence-corrected chi connectivity index (χ1v) is 6.03. The number of nitrogens with zero attached hydrogens (tertiary/aromatic N) is 2. The second-order valence-electron chi connectivity index (χ2n) is 3.77. The number of halogens is 1. The monoisotopic (exact) mass is 279 g/mol. The van der Waals surface area contributed by atoms with Gasteiger partial charge < -0.3 is 14.8 Å². The summed E-state index contributed by atoms with van der Waals surface area (Å²) in [6.45, 7) is 0.585. The molecule has 0 saturated carbocycles. The van der Waals surface area contributed by atoms with Crippen molar-refractivity contribution >= 4 is 17.5 Å². The summed E-state index contributed by atoms with van der Waals surface area (Å²) < 4.78 is 10.4. The van der Waals surface area contributed by atoms with Gasteiger partial charge in [0.05, 0.1) is 31.6 Å². The van der Waals surface area contributed by atoms with Gasteiger partial charge in [-0.25, -0.2) is 9.97 Å². The molecule has 0 radical (unpaired) electrons. The van der Waals surface area contributed by atoms with Crippen LogP contribution < -0.4 is 14.8 Å². The SMILES string of the molecule is COc1ccc(CNc2ncc(Cl)cn2)cc1OC. The summed E-state index contributed by atoms with van der Waals surface area (Å²) in [5, 5.41) is 3.61. The average molecular weight is 280 g/mol. The van der Waals surface area contributed by atoms with Crippen molar-refractivity contribution in [2.45, 2.75) is 6.54 Å². The summed E-state index contributed by atoms with van der Waals surface area (Å²) in [5.74, 6) is 1.92. The van der Waals surface area contributed by atoms with E-state index in [1.807, 2.05) is 18.2 Å². The Bertz CT molecular complexity index is 546. The second kappa shape index (κ2) is 6.24. The van der Waals surface area contributed by atoms with E-state index in [0.29, 0.717) is 29.0 Å². The third kappa shape index (κ3) is 3.48. The van der Waals surface area contributed by atoms with Gasteiger partial charge in [-0.2, -0.15) is 0 Å². The molecule has 6 heteroatoms. The predicted octanol–water partition coefficient (Wildman–Crippen LogP) is 2.76. The highest BCUT2D eigenvalue weighted by molar-refractivity contribution is 6.30. The van der Waals surface area contributed by atoms with Crippen LogP contribution in [0.2, 0.25) is 5.02 Å². The number of hydrogen-bond acceptors (Lipinski definition) is 5. The minimum absolute atomic E-state index is 0.511. The fraction of sp³-hybridized carbons (Fsp3) is 0.231. The quantitative estimate of drug-likeness (QED) is 0.912. The van der Waals surface area contributed by atoms with Crippen LogP contribution in [0.5, 0.6) is 11.5 Å². The van der Waals surface area contributed by atoms with E-state index in [2.05, 4.69) is 15.3 Å². The Morgan fingerprint density at radius 2 is 1.79 bits per heavy atom. The summed E-state index contributed by atoms with van der Waals surface area (Å²) in [7, 11) is 3.22. The molecule has 100 valence electrons. The first-order valence-electron chi connectivity index (χ1n) is 5.65. The Morgan fingerprint density at radius 1 is 1.11 bits per heavy atom. The average Bonchev–Trinajstić information content (AvgIpc) is 2.46. The second-order valence-corrected chi connectivity index (χ2v) is 4.20. The molecule has 1 aromatic carbocycles. The van der Waals surface area contributed by atoms with Gasteiger partial charge in [-0.05, 0) is 17.7 Å². The van der Waals surface area contributed by atoms with Crippen LogP contribution in [-0.2, 0) is 6.54 Å². The van der Waals surface area contributed by atoms with Crippen LogP contribution in [0.3, 0.4) is 0 Å². The zero-order valence-corrected chi connectivity index (χ0v) is 11.4. The van der Waals surface area contributed by atoms with E-state index in [-0.39, 0.29) is 0 Å². The molecule has 0 amide bonds. The first-order chi connectivity index (χ1) is 9.22. The number of rotatable bonds is 5. The molecule has 0 unspecified atom stereocenters. The highest BCUT2D eigenvalue weighted by Gasteiger charge is 2.04. The zero-order chi connectivity index (χ0) is 13.7. The Hall–Kier alpha value is -2.01. The van der Waals surface area contributed by atoms with E-state index in [9.17, 15) is 0 Å². The highest BCUT2D eigenvalue weighted by Crippen LogP contribution is 2.27. The fourth-order valence-corrected chi connectivity index (χ4v) is 1.67. The number of anilines is 1. The molecule has 0 spiro atoms. The van der Waals surface area contributed by atoms with E-state index in [4.69, 9.17) is 21.1 Å². The van der Waals surface area contributed by atoms with Crippen molar-refractivity contribution in [3.05, 3.63) is 41.2 Å². The molecule has 1 N–H and O–H groups in total. The maximum absolute atomic E-state index is 5.72. The van der Waals surface area contributed by atoms with Gasteiger partial charge in [0, 0.05) is 6.54 Å². The van der Waals surface area contributed by atoms with Crippen molar-refractivity contribution in [1.82, 2.24) is 9.97 Å². The summed E-state index contributed by atoms with van der Waals surface area (Å²) >= 11 is 5.72. The third-order valence-corrected chi connectivity index (χ3v) is 2.71. The van der Waals surface area contributed by atoms with E-state index in [1.165, 1.54) is 0 Å². The smallest absolute Gasteiger partial charge is 0.222 e. The van der Waals surface area contributed by atoms with Gasteiger partial charge in [-0.15, -0.1) is 0 Å². The molecule has 0 atom stereocenters. The molecule has 0 saturated heterocycles. The first kappa shape index (κ1) is 13.4. The standard InChI is InChI=1S/C13H14ClN3O2/c1-18-11-4-3-9(5-12(11)19-2)6-15-13-16-7-10(14)8-17-13/h3-5,7-8H,6H2,1-2H3,(H,15,16,17). The maximum Gasteiger partial charge on any atom is 0.222 e. The van der Waals surface area contributed by atoms with Crippen molar-refractivity contribution < 1.29 is 9.47 Å². The minimum atomic E-state index is 0.511. The van der Waals surface area contributed by atoms with E-state index in [1.54, 1.807) is 26.6 Å². The topological polar surface area (TPSA) is 56.3 Å². The lowest BCUT2D eigenvalue weighted by atomic mass is 10.2. The van der Waals surface area contributed by atoms with Crippen molar-refractivity contribution in [3.8, 4) is 11.5 Å². The molecule has 0 fully saturated rings. The summed E-state index contributed by atoms with van der Waals surface area (Å²) in [4.78, 5) is 8.12. The van der Waals surface area contributed by atoms with Crippen molar-refractivity contribution in [2.75, 3.05) is 19.5 Å². The van der Waals surface area contributed by atoms with Crippen molar-refractivity contribution in [1.29, 1.82) is 0 Å². The van der Waals surface area contributed by atoms with E-state index < -0.39 is 0 Å². The van der Waals surface area contributed by atoms with Crippen LogP contribution in [0.15, 0.2) is 30.6 Å². The highest BCUT2D eigenvalue weighted by atomic mass is 35.5. The molecule has 19 heavy (non-hydrogen) atoms. The van der Waals surface area contributed by atoms with Gasteiger partial charge in [0.1, 0.15) is 0 Å². The molecule has 1 aromatic heterocycles. The van der Waals surface area contributed by atoms with Gasteiger partial charge in [0.2, 0.25) is 5.95 Å². The molecule has 0 bridgehead atoms. The van der Waals surface area contributed by atoms with Crippen LogP contribution in [-0.4, -0.2) is 24.2 Å². The van der Waals surface area contributed by atoms with E-state index in [0.717, 1.165) is 5.56 Å². The van der Waals surface area contributed by atoms with Gasteiger partial charge >= 0.3 is 0 Å². The Morgan fingerprint density at radius 3 is 2.42 bits per heavy atom. The van der Waals surface area contributed by atoms with Gasteiger partial charge in [0.15, 0.2) is 11.5 Å². The van der Waals surface area contributed by atoms with Crippen LogP contribution in [0, 0.1) is 0 Å². The number of nitrogens with one attached hydrogen (secondary N) is 1. The number of methoxy groups -OCH3 is 2. The van der Waals surface area contributed by atoms with Crippen molar-refractivity contribution in [3.63, 3.8) is 0 Å². The molecule has 0 aliphatic carbocycles. The molecular formula is C13H14ClN3O2. The summed E-state index contributed by atoms with van der Waals surface area (Å²) in [5.41, 5.74) is 1.04. The maximum atomic E-state index is 5.72. The number of benzene rings is 1. The Labute approximate surface area is 116 Å². The Kier molecular flexibility index (Phi) is 4.41. The molecule has 2 aromatic rings. The largest absolute Gasteiger partial charge is 0.493 e.